The topological polar surface area (TPSA) is 150 Å². The van der Waals surface area contributed by atoms with Gasteiger partial charge >= 0.3 is 5.97 Å². The monoisotopic (exact) mass is 328 g/mol. The lowest BCUT2D eigenvalue weighted by atomic mass is 10.0. The average Bonchev–Trinajstić information content (AvgIpc) is 2.62. The molecule has 23 heavy (non-hydrogen) atoms. The second kappa shape index (κ2) is 9.33. The van der Waals surface area contributed by atoms with Gasteiger partial charge in [-0.1, -0.05) is 30.3 Å². The molecule has 6 N–H and O–H groups in total. The van der Waals surface area contributed by atoms with Crippen molar-refractivity contribution >= 4 is 12.3 Å². The molecule has 0 saturated carbocycles. The van der Waals surface area contributed by atoms with Gasteiger partial charge in [-0.3, -0.25) is 4.79 Å². The number of aliphatic hydroxyl groups is 4. The van der Waals surface area contributed by atoms with Crippen LogP contribution in [0, 0.1) is 0 Å². The van der Waals surface area contributed by atoms with E-state index in [1.54, 1.807) is 30.3 Å². The molecular formula is C15H21NO7. The summed E-state index contributed by atoms with van der Waals surface area (Å²) in [6.45, 7) is -0.856. The molecule has 1 aromatic rings. The Morgan fingerprint density at radius 2 is 1.96 bits per heavy atom. The highest BCUT2D eigenvalue weighted by molar-refractivity contribution is 5.76. The average molecular weight is 328 g/mol. The van der Waals surface area contributed by atoms with E-state index in [9.17, 15) is 24.9 Å². The Kier molecular flexibility index (Phi) is 7.11. The van der Waals surface area contributed by atoms with Gasteiger partial charge in [0, 0.05) is 0 Å². The van der Waals surface area contributed by atoms with Crippen molar-refractivity contribution in [1.29, 1.82) is 0 Å². The van der Waals surface area contributed by atoms with Gasteiger partial charge in [0.25, 0.3) is 0 Å². The largest absolute Gasteiger partial charge is 0.455 e. The van der Waals surface area contributed by atoms with E-state index < -0.39 is 43.0 Å². The quantitative estimate of drug-likeness (QED) is 0.238. The van der Waals surface area contributed by atoms with Crippen molar-refractivity contribution in [2.24, 2.45) is 5.73 Å². The zero-order valence-corrected chi connectivity index (χ0v) is 12.3. The molecule has 0 unspecified atom stereocenters. The highest BCUT2D eigenvalue weighted by atomic mass is 16.6. The molecule has 0 bridgehead atoms. The maximum atomic E-state index is 12.1. The van der Waals surface area contributed by atoms with Crippen LogP contribution in [0.25, 0.3) is 0 Å². The smallest absolute Gasteiger partial charge is 0.323 e. The van der Waals surface area contributed by atoms with E-state index in [1.807, 2.05) is 5.73 Å². The van der Waals surface area contributed by atoms with Gasteiger partial charge in [-0.25, -0.2) is 0 Å². The molecule has 0 aromatic heterocycles. The number of ether oxygens (including phenoxy) is 1. The first-order valence-corrected chi connectivity index (χ1v) is 6.96. The molecule has 0 spiro atoms. The van der Waals surface area contributed by atoms with Crippen LogP contribution in [-0.4, -0.2) is 69.7 Å². The van der Waals surface area contributed by atoms with E-state index in [2.05, 4.69) is 0 Å². The molecule has 1 rings (SSSR count). The minimum atomic E-state index is -1.90. The third-order valence-electron chi connectivity index (χ3n) is 3.21. The third kappa shape index (κ3) is 5.70. The molecule has 0 aliphatic heterocycles. The van der Waals surface area contributed by atoms with E-state index in [0.29, 0.717) is 0 Å². The molecule has 1 aromatic carbocycles. The maximum absolute atomic E-state index is 12.1. The van der Waals surface area contributed by atoms with Crippen LogP contribution < -0.4 is 5.73 Å². The fraction of sp³-hybridized carbons (Fsp3) is 0.467. The van der Waals surface area contributed by atoms with Crippen LogP contribution in [-0.2, 0) is 20.7 Å². The number of carbonyl (C=O) groups excluding carboxylic acids is 2. The van der Waals surface area contributed by atoms with E-state index in [4.69, 9.17) is 11.3 Å². The molecule has 8 heteroatoms. The van der Waals surface area contributed by atoms with E-state index in [-0.39, 0.29) is 12.7 Å². The van der Waals surface area contributed by atoms with Crippen LogP contribution in [0.15, 0.2) is 30.3 Å². The number of aliphatic hydroxyl groups excluding tert-OH is 4. The molecule has 0 heterocycles. The van der Waals surface area contributed by atoms with Crippen molar-refractivity contribution in [1.82, 2.24) is 0 Å². The van der Waals surface area contributed by atoms with Crippen LogP contribution in [0.2, 0.25) is 1.41 Å². The predicted octanol–water partition coefficient (Wildman–Crippen LogP) is -2.26. The number of hydrogen-bond acceptors (Lipinski definition) is 8. The summed E-state index contributed by atoms with van der Waals surface area (Å²) in [7, 11) is 0. The van der Waals surface area contributed by atoms with Crippen LogP contribution in [0.3, 0.4) is 0 Å². The van der Waals surface area contributed by atoms with Crippen molar-refractivity contribution in [2.45, 2.75) is 36.9 Å². The number of benzene rings is 1. The predicted molar refractivity (Wildman–Crippen MR) is 79.2 cm³/mol. The Hall–Kier alpha value is -1.84. The molecular weight excluding hydrogens is 306 g/mol. The molecule has 5 atom stereocenters. The van der Waals surface area contributed by atoms with Gasteiger partial charge in [-0.05, 0) is 12.0 Å². The number of aldehydes is 1. The van der Waals surface area contributed by atoms with Crippen molar-refractivity contribution in [3.05, 3.63) is 35.9 Å². The fourth-order valence-electron chi connectivity index (χ4n) is 1.90. The summed E-state index contributed by atoms with van der Waals surface area (Å²) in [5.74, 6) is -0.996. The molecule has 0 radical (unpaired) electrons. The van der Waals surface area contributed by atoms with Crippen LogP contribution >= 0.6 is 0 Å². The van der Waals surface area contributed by atoms with Gasteiger partial charge in [0.2, 0.25) is 0 Å². The van der Waals surface area contributed by atoms with Gasteiger partial charge < -0.3 is 35.7 Å². The van der Waals surface area contributed by atoms with Crippen molar-refractivity contribution < 1.29 is 36.2 Å². The first-order valence-electron chi connectivity index (χ1n) is 7.46. The van der Waals surface area contributed by atoms with Gasteiger partial charge in [0.05, 0.1) is 6.61 Å². The molecule has 0 aliphatic rings. The number of rotatable bonds is 10. The summed E-state index contributed by atoms with van der Waals surface area (Å²) in [6, 6.07) is 7.64. The normalized spacial score (nSPS) is 18.2. The summed E-state index contributed by atoms with van der Waals surface area (Å²) < 4.78 is 12.1. The Morgan fingerprint density at radius 1 is 1.30 bits per heavy atom. The third-order valence-corrected chi connectivity index (χ3v) is 3.21. The lowest BCUT2D eigenvalue weighted by Crippen LogP contribution is -2.51. The van der Waals surface area contributed by atoms with Crippen LogP contribution in [0.1, 0.15) is 5.56 Å². The van der Waals surface area contributed by atoms with Crippen molar-refractivity contribution in [3.63, 3.8) is 0 Å². The molecule has 0 saturated heterocycles. The lowest BCUT2D eigenvalue weighted by molar-refractivity contribution is -0.175. The zero-order valence-electron chi connectivity index (χ0n) is 13.3. The van der Waals surface area contributed by atoms with Gasteiger partial charge in [-0.15, -0.1) is 0 Å². The van der Waals surface area contributed by atoms with E-state index in [0.717, 1.165) is 5.56 Å². The summed E-state index contributed by atoms with van der Waals surface area (Å²) in [5, 5.41) is 37.6. The second-order valence-corrected chi connectivity index (χ2v) is 5.01. The summed E-state index contributed by atoms with van der Waals surface area (Å²) >= 11 is 0. The minimum Gasteiger partial charge on any atom is -0.455 e. The summed E-state index contributed by atoms with van der Waals surface area (Å²) in [4.78, 5) is 22.9. The Bertz CT molecular complexity index is 516. The molecule has 0 amide bonds. The number of carbonyl (C=O) groups is 2. The number of hydrogen-bond donors (Lipinski definition) is 5. The van der Waals surface area contributed by atoms with Crippen molar-refractivity contribution in [3.8, 4) is 0 Å². The molecule has 0 aliphatic carbocycles. The van der Waals surface area contributed by atoms with Crippen molar-refractivity contribution in [2.75, 3.05) is 6.61 Å². The van der Waals surface area contributed by atoms with Crippen LogP contribution in [0.5, 0.6) is 0 Å². The van der Waals surface area contributed by atoms with Gasteiger partial charge in [0.15, 0.2) is 12.4 Å². The first kappa shape index (κ1) is 17.5. The zero-order chi connectivity index (χ0) is 18.1. The molecule has 8 nitrogen and oxygen atoms in total. The fourth-order valence-corrected chi connectivity index (χ4v) is 1.90. The lowest BCUT2D eigenvalue weighted by Gasteiger charge is -2.28. The van der Waals surface area contributed by atoms with E-state index >= 15 is 0 Å². The summed E-state index contributed by atoms with van der Waals surface area (Å²) in [6.07, 6.45) is -7.12. The highest BCUT2D eigenvalue weighted by Gasteiger charge is 2.36. The molecule has 128 valence electrons. The number of nitrogens with two attached hydrogens (primary N) is 1. The summed E-state index contributed by atoms with van der Waals surface area (Å²) in [5.41, 5.74) is 2.75. The first-order chi connectivity index (χ1) is 11.4. The Morgan fingerprint density at radius 3 is 2.48 bits per heavy atom. The minimum absolute atomic E-state index is 0.0333. The standard InChI is InChI=1S/C15H21NO7/c16-10(6-9-4-2-1-3-5-9)15(22)23-14(12(20)8-18)13(21)11(19)7-17/h1-5,8,10-14,17,19-21H,6-7,16H2/t10-,11+,12-,13+,14+/m0/s1/i/hD. The maximum Gasteiger partial charge on any atom is 0.323 e. The van der Waals surface area contributed by atoms with Gasteiger partial charge in [0.1, 0.15) is 25.8 Å². The van der Waals surface area contributed by atoms with Gasteiger partial charge in [-0.2, -0.15) is 0 Å². The Balaban J connectivity index is 2.82. The van der Waals surface area contributed by atoms with Crippen LogP contribution in [0.4, 0.5) is 0 Å². The second-order valence-electron chi connectivity index (χ2n) is 5.01. The number of esters is 1. The highest BCUT2D eigenvalue weighted by Crippen LogP contribution is 2.11. The Labute approximate surface area is 134 Å². The molecule has 0 fully saturated rings. The van der Waals surface area contributed by atoms with E-state index in [1.165, 1.54) is 0 Å². The SMILES string of the molecule is [2H]N[C@@H](Cc1ccccc1)C(=O)O[C@@H]([C@H](O)[C@H](O)CO)[C@@H](O)C=O.